The standard InChI is InChI=1S/C23H17FN6O2/c1-13-16(24)11-12-18(25-13)22-29-30-23(32-22)28-20-21(31)26-17-10-6-5-9-15(17)19(27-20)14-7-3-2-4-8-14/h2-12,20H,1H3,(H,26,31)(H,28,30)/t20-/m1/s1. The second-order valence-electron chi connectivity index (χ2n) is 7.10. The van der Waals surface area contributed by atoms with Gasteiger partial charge >= 0.3 is 6.01 Å². The van der Waals surface area contributed by atoms with Crippen molar-refractivity contribution in [1.29, 1.82) is 0 Å². The van der Waals surface area contributed by atoms with Gasteiger partial charge in [-0.25, -0.2) is 14.4 Å². The third kappa shape index (κ3) is 3.71. The number of benzene rings is 2. The number of rotatable bonds is 4. The first-order chi connectivity index (χ1) is 15.6. The number of hydrogen-bond acceptors (Lipinski definition) is 7. The second kappa shape index (κ2) is 8.03. The minimum Gasteiger partial charge on any atom is -0.402 e. The molecule has 0 spiro atoms. The Morgan fingerprint density at radius 1 is 1.00 bits per heavy atom. The molecule has 158 valence electrons. The van der Waals surface area contributed by atoms with Gasteiger partial charge in [-0.15, -0.1) is 5.10 Å². The normalized spacial score (nSPS) is 15.4. The number of aliphatic imine (C=N–C) groups is 1. The van der Waals surface area contributed by atoms with E-state index in [4.69, 9.17) is 4.42 Å². The summed E-state index contributed by atoms with van der Waals surface area (Å²) in [4.78, 5) is 21.7. The van der Waals surface area contributed by atoms with Gasteiger partial charge in [0.05, 0.1) is 17.1 Å². The van der Waals surface area contributed by atoms with Gasteiger partial charge in [0.25, 0.3) is 11.8 Å². The van der Waals surface area contributed by atoms with Crippen molar-refractivity contribution in [2.24, 2.45) is 4.99 Å². The molecule has 3 heterocycles. The van der Waals surface area contributed by atoms with Crippen LogP contribution in [-0.4, -0.2) is 33.0 Å². The van der Waals surface area contributed by atoms with E-state index in [9.17, 15) is 9.18 Å². The lowest BCUT2D eigenvalue weighted by molar-refractivity contribution is -0.116. The number of aromatic nitrogens is 3. The largest absolute Gasteiger partial charge is 0.402 e. The van der Waals surface area contributed by atoms with E-state index < -0.39 is 12.0 Å². The second-order valence-corrected chi connectivity index (χ2v) is 7.10. The summed E-state index contributed by atoms with van der Waals surface area (Å²) in [6.07, 6.45) is -1.02. The van der Waals surface area contributed by atoms with E-state index in [0.717, 1.165) is 11.1 Å². The molecule has 0 unspecified atom stereocenters. The van der Waals surface area contributed by atoms with Crippen LogP contribution >= 0.6 is 0 Å². The van der Waals surface area contributed by atoms with E-state index in [1.54, 1.807) is 6.92 Å². The van der Waals surface area contributed by atoms with Crippen LogP contribution in [0.4, 0.5) is 16.1 Å². The monoisotopic (exact) mass is 428 g/mol. The maximum atomic E-state index is 13.5. The Morgan fingerprint density at radius 3 is 2.59 bits per heavy atom. The minimum atomic E-state index is -1.02. The lowest BCUT2D eigenvalue weighted by Gasteiger charge is -2.11. The molecule has 0 bridgehead atoms. The Morgan fingerprint density at radius 2 is 1.78 bits per heavy atom. The molecule has 5 rings (SSSR count). The molecule has 0 aliphatic carbocycles. The SMILES string of the molecule is Cc1nc(-c2nnc(N[C@H]3N=C(c4ccccc4)c4ccccc4NC3=O)o2)ccc1F. The van der Waals surface area contributed by atoms with Crippen LogP contribution < -0.4 is 10.6 Å². The highest BCUT2D eigenvalue weighted by atomic mass is 19.1. The van der Waals surface area contributed by atoms with Crippen molar-refractivity contribution in [2.45, 2.75) is 13.1 Å². The molecule has 2 N–H and O–H groups in total. The maximum absolute atomic E-state index is 13.5. The molecule has 2 aromatic heterocycles. The Bertz CT molecular complexity index is 1340. The number of nitrogens with zero attached hydrogens (tertiary/aromatic N) is 4. The summed E-state index contributed by atoms with van der Waals surface area (Å²) in [6.45, 7) is 1.54. The van der Waals surface area contributed by atoms with Crippen LogP contribution in [0.5, 0.6) is 0 Å². The molecule has 32 heavy (non-hydrogen) atoms. The first-order valence-electron chi connectivity index (χ1n) is 9.85. The Kier molecular flexibility index (Phi) is 4.91. The zero-order chi connectivity index (χ0) is 22.1. The summed E-state index contributed by atoms with van der Waals surface area (Å²) >= 11 is 0. The van der Waals surface area contributed by atoms with Gasteiger partial charge in [0, 0.05) is 11.1 Å². The summed E-state index contributed by atoms with van der Waals surface area (Å²) in [5, 5.41) is 13.6. The maximum Gasteiger partial charge on any atom is 0.317 e. The van der Waals surface area contributed by atoms with Crippen LogP contribution in [0.15, 0.2) is 76.1 Å². The quantitative estimate of drug-likeness (QED) is 0.512. The van der Waals surface area contributed by atoms with Crippen molar-refractivity contribution in [1.82, 2.24) is 15.2 Å². The summed E-state index contributed by atoms with van der Waals surface area (Å²) in [5.41, 5.74) is 3.51. The lowest BCUT2D eigenvalue weighted by atomic mass is 10.0. The predicted molar refractivity (Wildman–Crippen MR) is 117 cm³/mol. The van der Waals surface area contributed by atoms with E-state index in [0.29, 0.717) is 17.1 Å². The number of pyridine rings is 1. The molecule has 0 radical (unpaired) electrons. The van der Waals surface area contributed by atoms with Crippen molar-refractivity contribution in [2.75, 3.05) is 10.6 Å². The fraction of sp³-hybridized carbons (Fsp3) is 0.0870. The number of amides is 1. The van der Waals surface area contributed by atoms with Gasteiger partial charge in [-0.2, -0.15) is 0 Å². The molecule has 4 aromatic rings. The summed E-state index contributed by atoms with van der Waals surface area (Å²) in [5.74, 6) is -0.705. The van der Waals surface area contributed by atoms with Crippen molar-refractivity contribution >= 4 is 23.3 Å². The van der Waals surface area contributed by atoms with Crippen molar-refractivity contribution in [3.05, 3.63) is 89.4 Å². The molecular formula is C23H17FN6O2. The number of anilines is 2. The Hall–Kier alpha value is -4.40. The van der Waals surface area contributed by atoms with Gasteiger partial charge < -0.3 is 15.1 Å². The minimum absolute atomic E-state index is 0.00829. The van der Waals surface area contributed by atoms with Gasteiger partial charge in [0.15, 0.2) is 0 Å². The molecule has 1 aliphatic heterocycles. The van der Waals surface area contributed by atoms with Gasteiger partial charge in [-0.05, 0) is 25.1 Å². The predicted octanol–water partition coefficient (Wildman–Crippen LogP) is 3.81. The van der Waals surface area contributed by atoms with Crippen LogP contribution in [0.25, 0.3) is 11.6 Å². The summed E-state index contributed by atoms with van der Waals surface area (Å²) in [7, 11) is 0. The third-order valence-electron chi connectivity index (χ3n) is 4.92. The number of aryl methyl sites for hydroxylation is 1. The van der Waals surface area contributed by atoms with Crippen molar-refractivity contribution < 1.29 is 13.6 Å². The molecule has 1 aliphatic rings. The molecule has 0 saturated heterocycles. The molecule has 1 atom stereocenters. The van der Waals surface area contributed by atoms with E-state index in [-0.39, 0.29) is 23.5 Å². The first kappa shape index (κ1) is 19.6. The molecule has 0 saturated carbocycles. The Balaban J connectivity index is 1.49. The molecule has 9 heteroatoms. The van der Waals surface area contributed by atoms with Gasteiger partial charge in [0.1, 0.15) is 11.5 Å². The van der Waals surface area contributed by atoms with E-state index in [2.05, 4.69) is 30.8 Å². The van der Waals surface area contributed by atoms with Gasteiger partial charge in [0.2, 0.25) is 6.17 Å². The molecule has 8 nitrogen and oxygen atoms in total. The topological polar surface area (TPSA) is 105 Å². The zero-order valence-corrected chi connectivity index (χ0v) is 16.9. The number of benzodiazepines with no additional fused rings is 1. The fourth-order valence-electron chi connectivity index (χ4n) is 3.35. The molecular weight excluding hydrogens is 411 g/mol. The number of carbonyl (C=O) groups is 1. The highest BCUT2D eigenvalue weighted by Gasteiger charge is 2.27. The number of nitrogens with one attached hydrogen (secondary N) is 2. The zero-order valence-electron chi connectivity index (χ0n) is 16.9. The number of para-hydroxylation sites is 1. The number of halogens is 1. The fourth-order valence-corrected chi connectivity index (χ4v) is 3.35. The number of hydrogen-bond donors (Lipinski definition) is 2. The number of fused-ring (bicyclic) bond motifs is 1. The van der Waals surface area contributed by atoms with Crippen molar-refractivity contribution in [3.8, 4) is 11.6 Å². The van der Waals surface area contributed by atoms with Gasteiger partial charge in [-0.3, -0.25) is 4.79 Å². The average Bonchev–Trinajstić information content (AvgIpc) is 3.22. The van der Waals surface area contributed by atoms with Crippen LogP contribution in [-0.2, 0) is 4.79 Å². The van der Waals surface area contributed by atoms with E-state index in [1.165, 1.54) is 12.1 Å². The van der Waals surface area contributed by atoms with Crippen LogP contribution in [0.3, 0.4) is 0 Å². The molecule has 0 fully saturated rings. The summed E-state index contributed by atoms with van der Waals surface area (Å²) < 4.78 is 19.1. The summed E-state index contributed by atoms with van der Waals surface area (Å²) in [6, 6.07) is 19.8. The highest BCUT2D eigenvalue weighted by molar-refractivity contribution is 6.19. The third-order valence-corrected chi connectivity index (χ3v) is 4.92. The highest BCUT2D eigenvalue weighted by Crippen LogP contribution is 2.25. The van der Waals surface area contributed by atoms with Crippen molar-refractivity contribution in [3.63, 3.8) is 0 Å². The van der Waals surface area contributed by atoms with Gasteiger partial charge in [-0.1, -0.05) is 53.6 Å². The smallest absolute Gasteiger partial charge is 0.317 e. The van der Waals surface area contributed by atoms with Crippen LogP contribution in [0.1, 0.15) is 16.8 Å². The molecule has 2 aromatic carbocycles. The lowest BCUT2D eigenvalue weighted by Crippen LogP contribution is -2.32. The first-order valence-corrected chi connectivity index (χ1v) is 9.85. The average molecular weight is 428 g/mol. The Labute approximate surface area is 182 Å². The van der Waals surface area contributed by atoms with Crippen LogP contribution in [0, 0.1) is 12.7 Å². The van der Waals surface area contributed by atoms with E-state index >= 15 is 0 Å². The van der Waals surface area contributed by atoms with Crippen LogP contribution in [0.2, 0.25) is 0 Å². The van der Waals surface area contributed by atoms with E-state index in [1.807, 2.05) is 54.6 Å². The number of carbonyl (C=O) groups excluding carboxylic acids is 1. The molecule has 1 amide bonds.